The van der Waals surface area contributed by atoms with Crippen molar-refractivity contribution in [2.24, 2.45) is 0 Å². The summed E-state index contributed by atoms with van der Waals surface area (Å²) in [6, 6.07) is 0.00151. The first-order valence-electron chi connectivity index (χ1n) is 6.27. The predicted octanol–water partition coefficient (Wildman–Crippen LogP) is 2.33. The summed E-state index contributed by atoms with van der Waals surface area (Å²) in [5.74, 6) is 0.0160. The predicted molar refractivity (Wildman–Crippen MR) is 75.9 cm³/mol. The normalized spacial score (nSPS) is 13.4. The fraction of sp³-hybridized carbons (Fsp3) is 0.692. The van der Waals surface area contributed by atoms with E-state index >= 15 is 0 Å². The van der Waals surface area contributed by atoms with E-state index in [1.54, 1.807) is 11.3 Å². The van der Waals surface area contributed by atoms with Crippen LogP contribution in [0.25, 0.3) is 0 Å². The number of carbonyl (C=O) groups is 1. The van der Waals surface area contributed by atoms with E-state index in [1.165, 1.54) is 0 Å². The Balaban J connectivity index is 2.73. The lowest BCUT2D eigenvalue weighted by Crippen LogP contribution is -2.52. The average Bonchev–Trinajstić information content (AvgIpc) is 2.57. The fourth-order valence-corrected chi connectivity index (χ4v) is 2.84. The fourth-order valence-electron chi connectivity index (χ4n) is 1.91. The van der Waals surface area contributed by atoms with Gasteiger partial charge in [-0.05, 0) is 41.2 Å². The number of nitrogens with one attached hydrogen (secondary N) is 2. The molecule has 1 rings (SSSR count). The molecule has 0 radical (unpaired) electrons. The van der Waals surface area contributed by atoms with Crippen LogP contribution in [0.4, 0.5) is 0 Å². The minimum atomic E-state index is -0.545. The molecule has 18 heavy (non-hydrogen) atoms. The maximum atomic E-state index is 12.2. The van der Waals surface area contributed by atoms with Gasteiger partial charge in [-0.2, -0.15) is 0 Å². The first-order chi connectivity index (χ1) is 8.27. The molecule has 0 spiro atoms. The van der Waals surface area contributed by atoms with Gasteiger partial charge in [0.2, 0.25) is 5.91 Å². The van der Waals surface area contributed by atoms with Crippen molar-refractivity contribution in [1.29, 1.82) is 0 Å². The second-order valence-corrected chi connectivity index (χ2v) is 6.27. The van der Waals surface area contributed by atoms with Gasteiger partial charge in [-0.25, -0.2) is 4.98 Å². The Labute approximate surface area is 113 Å². The van der Waals surface area contributed by atoms with Crippen molar-refractivity contribution in [3.05, 3.63) is 15.6 Å². The molecule has 2 N–H and O–H groups in total. The van der Waals surface area contributed by atoms with E-state index in [0.717, 1.165) is 22.1 Å². The van der Waals surface area contributed by atoms with Crippen LogP contribution in [0.1, 0.15) is 49.3 Å². The van der Waals surface area contributed by atoms with Gasteiger partial charge in [-0.1, -0.05) is 6.92 Å². The third kappa shape index (κ3) is 3.53. The average molecular weight is 269 g/mol. The number of likely N-dealkylation sites (N-methyl/N-ethyl adjacent to an activating group) is 1. The van der Waals surface area contributed by atoms with Crippen molar-refractivity contribution in [2.45, 2.75) is 53.1 Å². The Hall–Kier alpha value is -0.940. The second-order valence-electron chi connectivity index (χ2n) is 5.03. The molecule has 4 nitrogen and oxygen atoms in total. The third-order valence-electron chi connectivity index (χ3n) is 2.87. The number of aromatic nitrogens is 1. The van der Waals surface area contributed by atoms with Crippen LogP contribution in [0.15, 0.2) is 0 Å². The zero-order valence-corrected chi connectivity index (χ0v) is 12.9. The summed E-state index contributed by atoms with van der Waals surface area (Å²) in [7, 11) is 0. The van der Waals surface area contributed by atoms with Gasteiger partial charge in [0, 0.05) is 4.88 Å². The van der Waals surface area contributed by atoms with Gasteiger partial charge in [0.05, 0.1) is 22.3 Å². The Morgan fingerprint density at radius 2 is 2.06 bits per heavy atom. The maximum Gasteiger partial charge on any atom is 0.240 e. The summed E-state index contributed by atoms with van der Waals surface area (Å²) in [5.41, 5.74) is 0.461. The molecule has 0 saturated carbocycles. The maximum absolute atomic E-state index is 12.2. The first kappa shape index (κ1) is 15.1. The van der Waals surface area contributed by atoms with Gasteiger partial charge in [-0.15, -0.1) is 11.3 Å². The lowest BCUT2D eigenvalue weighted by atomic mass is 10.0. The van der Waals surface area contributed by atoms with Crippen LogP contribution in [0.5, 0.6) is 0 Å². The summed E-state index contributed by atoms with van der Waals surface area (Å²) < 4.78 is 0. The number of nitrogens with zero attached hydrogens (tertiary/aromatic N) is 1. The summed E-state index contributed by atoms with van der Waals surface area (Å²) in [5, 5.41) is 7.26. The molecule has 1 aromatic rings. The molecule has 1 atom stereocenters. The molecule has 0 bridgehead atoms. The Morgan fingerprint density at radius 1 is 1.44 bits per heavy atom. The quantitative estimate of drug-likeness (QED) is 0.862. The Kier molecular flexibility index (Phi) is 4.87. The van der Waals surface area contributed by atoms with E-state index in [0.29, 0.717) is 0 Å². The van der Waals surface area contributed by atoms with Crippen molar-refractivity contribution < 1.29 is 4.79 Å². The molecule has 0 saturated heterocycles. The molecule has 0 fully saturated rings. The van der Waals surface area contributed by atoms with Gasteiger partial charge in [-0.3, -0.25) is 4.79 Å². The number of aryl methyl sites for hydroxylation is 2. The third-order valence-corrected chi connectivity index (χ3v) is 4.12. The van der Waals surface area contributed by atoms with Crippen molar-refractivity contribution in [3.8, 4) is 0 Å². The number of thiazole rings is 1. The SMILES string of the molecule is CCNC(C)(C)C(=O)NC(C)c1sc(C)nc1C. The number of amides is 1. The largest absolute Gasteiger partial charge is 0.347 e. The van der Waals surface area contributed by atoms with Crippen molar-refractivity contribution >= 4 is 17.2 Å². The van der Waals surface area contributed by atoms with Crippen LogP contribution in [-0.4, -0.2) is 23.0 Å². The van der Waals surface area contributed by atoms with E-state index in [9.17, 15) is 4.79 Å². The monoisotopic (exact) mass is 269 g/mol. The molecule has 1 heterocycles. The van der Waals surface area contributed by atoms with Crippen LogP contribution < -0.4 is 10.6 Å². The van der Waals surface area contributed by atoms with Gasteiger partial charge in [0.15, 0.2) is 0 Å². The summed E-state index contributed by atoms with van der Waals surface area (Å²) in [6.45, 7) is 12.5. The lowest BCUT2D eigenvalue weighted by molar-refractivity contribution is -0.127. The highest BCUT2D eigenvalue weighted by atomic mass is 32.1. The van der Waals surface area contributed by atoms with Crippen LogP contribution in [0.2, 0.25) is 0 Å². The molecule has 1 amide bonds. The van der Waals surface area contributed by atoms with Crippen molar-refractivity contribution in [3.63, 3.8) is 0 Å². The zero-order valence-electron chi connectivity index (χ0n) is 12.0. The van der Waals surface area contributed by atoms with E-state index in [-0.39, 0.29) is 11.9 Å². The number of rotatable bonds is 5. The zero-order chi connectivity index (χ0) is 13.9. The molecule has 0 aromatic carbocycles. The standard InChI is InChI=1S/C13H23N3OS/c1-7-14-13(5,6)12(17)16-9(3)11-8(2)15-10(4)18-11/h9,14H,7H2,1-6H3,(H,16,17). The number of carbonyl (C=O) groups excluding carboxylic acids is 1. The van der Waals surface area contributed by atoms with E-state index in [2.05, 4.69) is 15.6 Å². The van der Waals surface area contributed by atoms with E-state index in [4.69, 9.17) is 0 Å². The number of hydrogen-bond acceptors (Lipinski definition) is 4. The van der Waals surface area contributed by atoms with Crippen LogP contribution in [0.3, 0.4) is 0 Å². The summed E-state index contributed by atoms with van der Waals surface area (Å²) >= 11 is 1.64. The van der Waals surface area contributed by atoms with Crippen LogP contribution >= 0.6 is 11.3 Å². The van der Waals surface area contributed by atoms with E-state index in [1.807, 2.05) is 41.5 Å². The summed E-state index contributed by atoms with van der Waals surface area (Å²) in [4.78, 5) is 17.7. The minimum absolute atomic E-state index is 0.00151. The molecule has 0 aliphatic heterocycles. The Morgan fingerprint density at radius 3 is 2.50 bits per heavy atom. The van der Waals surface area contributed by atoms with Crippen molar-refractivity contribution in [1.82, 2.24) is 15.6 Å². The number of hydrogen-bond donors (Lipinski definition) is 2. The smallest absolute Gasteiger partial charge is 0.240 e. The van der Waals surface area contributed by atoms with Gasteiger partial charge >= 0.3 is 0 Å². The second kappa shape index (κ2) is 5.80. The molecule has 1 aromatic heterocycles. The van der Waals surface area contributed by atoms with Crippen LogP contribution in [0, 0.1) is 13.8 Å². The molecule has 5 heteroatoms. The van der Waals surface area contributed by atoms with Gasteiger partial charge < -0.3 is 10.6 Å². The highest BCUT2D eigenvalue weighted by Gasteiger charge is 2.28. The first-order valence-corrected chi connectivity index (χ1v) is 7.09. The van der Waals surface area contributed by atoms with Crippen molar-refractivity contribution in [2.75, 3.05) is 6.54 Å². The highest BCUT2D eigenvalue weighted by molar-refractivity contribution is 7.11. The van der Waals surface area contributed by atoms with Gasteiger partial charge in [0.1, 0.15) is 0 Å². The van der Waals surface area contributed by atoms with Gasteiger partial charge in [0.25, 0.3) is 0 Å². The molecule has 0 aliphatic rings. The lowest BCUT2D eigenvalue weighted by Gasteiger charge is -2.26. The topological polar surface area (TPSA) is 54.0 Å². The highest BCUT2D eigenvalue weighted by Crippen LogP contribution is 2.24. The van der Waals surface area contributed by atoms with E-state index < -0.39 is 5.54 Å². The molecule has 1 unspecified atom stereocenters. The molecular weight excluding hydrogens is 246 g/mol. The molecular formula is C13H23N3OS. The minimum Gasteiger partial charge on any atom is -0.347 e. The molecule has 102 valence electrons. The molecule has 0 aliphatic carbocycles. The summed E-state index contributed by atoms with van der Waals surface area (Å²) in [6.07, 6.45) is 0. The van der Waals surface area contributed by atoms with Crippen LogP contribution in [-0.2, 0) is 4.79 Å². The Bertz CT molecular complexity index is 426.